The van der Waals surface area contributed by atoms with E-state index < -0.39 is 17.7 Å². The highest BCUT2D eigenvalue weighted by molar-refractivity contribution is 5.78. The molecule has 0 aromatic heterocycles. The molecule has 0 fully saturated rings. The van der Waals surface area contributed by atoms with Crippen molar-refractivity contribution in [3.05, 3.63) is 70.8 Å². The highest BCUT2D eigenvalue weighted by Crippen LogP contribution is 2.22. The molecule has 2 aromatic rings. The summed E-state index contributed by atoms with van der Waals surface area (Å²) in [5, 5.41) is 2.87. The van der Waals surface area contributed by atoms with Crippen molar-refractivity contribution in [3.8, 4) is 0 Å². The van der Waals surface area contributed by atoms with E-state index in [0.717, 1.165) is 18.6 Å². The van der Waals surface area contributed by atoms with E-state index >= 15 is 0 Å². The van der Waals surface area contributed by atoms with E-state index in [9.17, 15) is 13.6 Å². The number of halogens is 2. The molecule has 2 aromatic carbocycles. The molecule has 0 saturated heterocycles. The number of carbonyl (C=O) groups is 1. The molecule has 1 amide bonds. The summed E-state index contributed by atoms with van der Waals surface area (Å²) >= 11 is 0. The highest BCUT2D eigenvalue weighted by atomic mass is 19.1. The summed E-state index contributed by atoms with van der Waals surface area (Å²) in [6.07, 6.45) is 0.760. The zero-order valence-electron chi connectivity index (χ0n) is 14.9. The maximum Gasteiger partial charge on any atom is 0.234 e. The van der Waals surface area contributed by atoms with Gasteiger partial charge in [-0.2, -0.15) is 0 Å². The van der Waals surface area contributed by atoms with Crippen LogP contribution in [-0.4, -0.2) is 30.9 Å². The number of carbonyl (C=O) groups excluding carboxylic acids is 1. The quantitative estimate of drug-likeness (QED) is 0.830. The normalized spacial score (nSPS) is 12.2. The molecule has 0 aliphatic carbocycles. The highest BCUT2D eigenvalue weighted by Gasteiger charge is 2.18. The predicted molar refractivity (Wildman–Crippen MR) is 95.3 cm³/mol. The van der Waals surface area contributed by atoms with Crippen molar-refractivity contribution in [1.29, 1.82) is 0 Å². The van der Waals surface area contributed by atoms with Crippen LogP contribution >= 0.6 is 0 Å². The molecule has 1 N–H and O–H groups in total. The number of nitrogens with zero attached hydrogens (tertiary/aromatic N) is 1. The van der Waals surface area contributed by atoms with E-state index in [1.807, 2.05) is 31.2 Å². The van der Waals surface area contributed by atoms with Gasteiger partial charge in [-0.05, 0) is 56.6 Å². The molecular formula is C20H24F2N2O. The third kappa shape index (κ3) is 5.36. The van der Waals surface area contributed by atoms with Gasteiger partial charge in [0.05, 0.1) is 6.54 Å². The Kier molecular flexibility index (Phi) is 6.65. The minimum absolute atomic E-state index is 0.116. The fourth-order valence-electron chi connectivity index (χ4n) is 2.72. The van der Waals surface area contributed by atoms with Crippen molar-refractivity contribution >= 4 is 5.91 Å². The molecule has 0 bridgehead atoms. The minimum Gasteiger partial charge on any atom is -0.355 e. The Morgan fingerprint density at radius 1 is 1.20 bits per heavy atom. The maximum absolute atomic E-state index is 13.9. The minimum atomic E-state index is -0.487. The fraction of sp³-hybridized carbons (Fsp3) is 0.350. The largest absolute Gasteiger partial charge is 0.355 e. The van der Waals surface area contributed by atoms with Crippen LogP contribution in [0.1, 0.15) is 29.7 Å². The Labute approximate surface area is 147 Å². The molecule has 0 saturated carbocycles. The molecule has 0 heterocycles. The molecule has 5 heteroatoms. The number of amides is 1. The molecule has 0 aliphatic heterocycles. The lowest BCUT2D eigenvalue weighted by Crippen LogP contribution is -2.37. The zero-order valence-corrected chi connectivity index (χ0v) is 14.9. The van der Waals surface area contributed by atoms with Gasteiger partial charge < -0.3 is 5.32 Å². The third-order valence-corrected chi connectivity index (χ3v) is 4.44. The van der Waals surface area contributed by atoms with Gasteiger partial charge in [-0.15, -0.1) is 0 Å². The number of rotatable bonds is 7. The molecule has 2 rings (SSSR count). The third-order valence-electron chi connectivity index (χ3n) is 4.44. The molecule has 0 radical (unpaired) electrons. The Balaban J connectivity index is 1.85. The summed E-state index contributed by atoms with van der Waals surface area (Å²) < 4.78 is 27.2. The van der Waals surface area contributed by atoms with Crippen LogP contribution in [-0.2, 0) is 11.2 Å². The Morgan fingerprint density at radius 3 is 2.64 bits per heavy atom. The fourth-order valence-corrected chi connectivity index (χ4v) is 2.72. The first kappa shape index (κ1) is 19.1. The summed E-state index contributed by atoms with van der Waals surface area (Å²) in [5.74, 6) is -1.10. The molecule has 25 heavy (non-hydrogen) atoms. The van der Waals surface area contributed by atoms with Crippen molar-refractivity contribution in [2.75, 3.05) is 20.1 Å². The predicted octanol–water partition coefficient (Wildman–Crippen LogP) is 3.62. The van der Waals surface area contributed by atoms with Crippen molar-refractivity contribution < 1.29 is 13.6 Å². The van der Waals surface area contributed by atoms with Gasteiger partial charge in [0.15, 0.2) is 0 Å². The molecule has 0 spiro atoms. The van der Waals surface area contributed by atoms with E-state index in [1.54, 1.807) is 18.9 Å². The van der Waals surface area contributed by atoms with Crippen LogP contribution in [0.3, 0.4) is 0 Å². The second kappa shape index (κ2) is 8.72. The van der Waals surface area contributed by atoms with Crippen molar-refractivity contribution in [2.24, 2.45) is 0 Å². The first-order valence-electron chi connectivity index (χ1n) is 8.35. The number of benzene rings is 2. The van der Waals surface area contributed by atoms with E-state index in [1.165, 1.54) is 17.2 Å². The first-order chi connectivity index (χ1) is 11.9. The molecule has 134 valence electrons. The number of aryl methyl sites for hydroxylation is 1. The molecule has 3 nitrogen and oxygen atoms in total. The van der Waals surface area contributed by atoms with Gasteiger partial charge in [-0.3, -0.25) is 9.69 Å². The van der Waals surface area contributed by atoms with Gasteiger partial charge in [0.25, 0.3) is 0 Å². The Morgan fingerprint density at radius 2 is 1.92 bits per heavy atom. The van der Waals surface area contributed by atoms with Crippen molar-refractivity contribution in [1.82, 2.24) is 10.2 Å². The molecular weight excluding hydrogens is 322 g/mol. The van der Waals surface area contributed by atoms with E-state index in [2.05, 4.69) is 5.32 Å². The lowest BCUT2D eigenvalue weighted by atomic mass is 10.1. The van der Waals surface area contributed by atoms with Gasteiger partial charge in [0.1, 0.15) is 11.6 Å². The van der Waals surface area contributed by atoms with Crippen LogP contribution in [0.4, 0.5) is 8.78 Å². The summed E-state index contributed by atoms with van der Waals surface area (Å²) in [7, 11) is 1.72. The lowest BCUT2D eigenvalue weighted by molar-refractivity contribution is -0.122. The summed E-state index contributed by atoms with van der Waals surface area (Å²) in [4.78, 5) is 13.8. The maximum atomic E-state index is 13.9. The standard InChI is InChI=1S/C20H24F2N2O/c1-14-6-4-5-7-16(14)10-11-23-20(25)13-24(3)15(2)18-12-17(21)8-9-19(18)22/h4-9,12,15H,10-11,13H2,1-3H3,(H,23,25). The van der Waals surface area contributed by atoms with Gasteiger partial charge >= 0.3 is 0 Å². The number of hydrogen-bond donors (Lipinski definition) is 1. The van der Waals surface area contributed by atoms with Gasteiger partial charge in [-0.25, -0.2) is 8.78 Å². The summed E-state index contributed by atoms with van der Waals surface area (Å²) in [6.45, 7) is 4.45. The van der Waals surface area contributed by atoms with Crippen molar-refractivity contribution in [3.63, 3.8) is 0 Å². The molecule has 1 atom stereocenters. The summed E-state index contributed by atoms with van der Waals surface area (Å²) in [6, 6.07) is 11.0. The van der Waals surface area contributed by atoms with Gasteiger partial charge in [-0.1, -0.05) is 24.3 Å². The number of likely N-dealkylation sites (N-methyl/N-ethyl adjacent to an activating group) is 1. The molecule has 0 aliphatic rings. The van der Waals surface area contributed by atoms with E-state index in [4.69, 9.17) is 0 Å². The van der Waals surface area contributed by atoms with Crippen LogP contribution in [0.5, 0.6) is 0 Å². The van der Waals surface area contributed by atoms with Crippen LogP contribution in [0.2, 0.25) is 0 Å². The SMILES string of the molecule is Cc1ccccc1CCNC(=O)CN(C)C(C)c1cc(F)ccc1F. The van der Waals surface area contributed by atoms with Crippen LogP contribution in [0.25, 0.3) is 0 Å². The molecule has 1 unspecified atom stereocenters. The van der Waals surface area contributed by atoms with Gasteiger partial charge in [0.2, 0.25) is 5.91 Å². The van der Waals surface area contributed by atoms with Crippen molar-refractivity contribution in [2.45, 2.75) is 26.3 Å². The van der Waals surface area contributed by atoms with Crippen LogP contribution < -0.4 is 5.32 Å². The average molecular weight is 346 g/mol. The topological polar surface area (TPSA) is 32.3 Å². The monoisotopic (exact) mass is 346 g/mol. The van der Waals surface area contributed by atoms with Gasteiger partial charge in [0, 0.05) is 18.2 Å². The average Bonchev–Trinajstić information content (AvgIpc) is 2.58. The number of nitrogens with one attached hydrogen (secondary N) is 1. The smallest absolute Gasteiger partial charge is 0.234 e. The van der Waals surface area contributed by atoms with E-state index in [-0.39, 0.29) is 18.0 Å². The lowest BCUT2D eigenvalue weighted by Gasteiger charge is -2.25. The Bertz CT molecular complexity index is 733. The summed E-state index contributed by atoms with van der Waals surface area (Å²) in [5.41, 5.74) is 2.64. The van der Waals surface area contributed by atoms with E-state index in [0.29, 0.717) is 6.54 Å². The zero-order chi connectivity index (χ0) is 18.4. The Hall–Kier alpha value is -2.27. The first-order valence-corrected chi connectivity index (χ1v) is 8.35. The van der Waals surface area contributed by atoms with Crippen LogP contribution in [0, 0.1) is 18.6 Å². The van der Waals surface area contributed by atoms with Crippen LogP contribution in [0.15, 0.2) is 42.5 Å². The number of hydrogen-bond acceptors (Lipinski definition) is 2. The second-order valence-corrected chi connectivity index (χ2v) is 6.28. The second-order valence-electron chi connectivity index (χ2n) is 6.28.